The van der Waals surface area contributed by atoms with Gasteiger partial charge >= 0.3 is 0 Å². The number of nitrogens with one attached hydrogen (secondary N) is 1. The maximum absolute atomic E-state index is 6.09. The van der Waals surface area contributed by atoms with Crippen molar-refractivity contribution in [1.82, 2.24) is 15.0 Å². The van der Waals surface area contributed by atoms with Crippen molar-refractivity contribution in [3.63, 3.8) is 0 Å². The average Bonchev–Trinajstić information content (AvgIpc) is 3.15. The van der Waals surface area contributed by atoms with Gasteiger partial charge in [-0.25, -0.2) is 9.97 Å². The zero-order valence-electron chi connectivity index (χ0n) is 13.0. The predicted octanol–water partition coefficient (Wildman–Crippen LogP) is 3.53. The summed E-state index contributed by atoms with van der Waals surface area (Å²) < 4.78 is 6.21. The molecule has 0 aliphatic heterocycles. The Morgan fingerprint density at radius 2 is 2.26 bits per heavy atom. The molecule has 3 aromatic rings. The maximum atomic E-state index is 6.09. The molecule has 0 aliphatic rings. The molecule has 0 spiro atoms. The largest absolute Gasteiger partial charge is 0.447 e. The molecule has 0 unspecified atom stereocenters. The number of oxazole rings is 1. The molecule has 6 nitrogen and oxygen atoms in total. The summed E-state index contributed by atoms with van der Waals surface area (Å²) in [6, 6.07) is 0.147. The lowest BCUT2D eigenvalue weighted by Gasteiger charge is -2.06. The fourth-order valence-corrected chi connectivity index (χ4v) is 3.77. The fraction of sp³-hybridized carbons (Fsp3) is 0.400. The van der Waals surface area contributed by atoms with Crippen LogP contribution in [0.5, 0.6) is 0 Å². The van der Waals surface area contributed by atoms with Crippen LogP contribution in [0, 0.1) is 6.92 Å². The number of hydrogen-bond donors (Lipinski definition) is 2. The van der Waals surface area contributed by atoms with Crippen LogP contribution < -0.4 is 11.1 Å². The topological polar surface area (TPSA) is 89.9 Å². The van der Waals surface area contributed by atoms with Crippen LogP contribution in [0.4, 0.5) is 5.82 Å². The predicted molar refractivity (Wildman–Crippen MR) is 93.0 cm³/mol. The van der Waals surface area contributed by atoms with Crippen LogP contribution in [0.25, 0.3) is 10.2 Å². The monoisotopic (exact) mass is 351 g/mol. The van der Waals surface area contributed by atoms with Crippen LogP contribution in [0.3, 0.4) is 0 Å². The smallest absolute Gasteiger partial charge is 0.224 e. The first-order valence-corrected chi connectivity index (χ1v) is 8.61. The number of nitrogens with zero attached hydrogens (tertiary/aromatic N) is 3. The molecule has 122 valence electrons. The second-order valence-electron chi connectivity index (χ2n) is 5.32. The number of fused-ring (bicyclic) bond motifs is 1. The van der Waals surface area contributed by atoms with Crippen molar-refractivity contribution >= 4 is 39.0 Å². The Hall–Kier alpha value is -1.70. The Morgan fingerprint density at radius 3 is 2.96 bits per heavy atom. The molecule has 0 bridgehead atoms. The van der Waals surface area contributed by atoms with Gasteiger partial charge in [-0.15, -0.1) is 11.3 Å². The van der Waals surface area contributed by atoms with E-state index in [1.165, 1.54) is 4.88 Å². The number of anilines is 1. The summed E-state index contributed by atoms with van der Waals surface area (Å²) >= 11 is 7.74. The van der Waals surface area contributed by atoms with Gasteiger partial charge in [0.15, 0.2) is 0 Å². The van der Waals surface area contributed by atoms with E-state index in [1.807, 2.05) is 0 Å². The molecule has 3 N–H and O–H groups in total. The highest BCUT2D eigenvalue weighted by Gasteiger charge is 2.17. The van der Waals surface area contributed by atoms with Crippen LogP contribution >= 0.6 is 22.9 Å². The first-order chi connectivity index (χ1) is 11.1. The van der Waals surface area contributed by atoms with Crippen molar-refractivity contribution in [2.45, 2.75) is 39.3 Å². The molecule has 0 fully saturated rings. The minimum atomic E-state index is 0.147. The van der Waals surface area contributed by atoms with Crippen molar-refractivity contribution in [2.24, 2.45) is 5.73 Å². The van der Waals surface area contributed by atoms with Gasteiger partial charge in [-0.1, -0.05) is 6.92 Å². The molecular weight excluding hydrogens is 334 g/mol. The summed E-state index contributed by atoms with van der Waals surface area (Å²) in [4.78, 5) is 14.0. The summed E-state index contributed by atoms with van der Waals surface area (Å²) in [5, 5.41) is 3.45. The van der Waals surface area contributed by atoms with E-state index in [4.69, 9.17) is 21.8 Å². The molecular formula is C15H18ClN5OS. The van der Waals surface area contributed by atoms with Crippen LogP contribution in [0.15, 0.2) is 16.9 Å². The van der Waals surface area contributed by atoms with E-state index >= 15 is 0 Å². The summed E-state index contributed by atoms with van der Waals surface area (Å²) in [6.07, 6.45) is 4.92. The number of aryl methyl sites for hydroxylation is 1. The zero-order valence-corrected chi connectivity index (χ0v) is 14.5. The molecule has 0 aromatic carbocycles. The lowest BCUT2D eigenvalue weighted by atomic mass is 10.1. The minimum Gasteiger partial charge on any atom is -0.447 e. The Labute approximate surface area is 143 Å². The van der Waals surface area contributed by atoms with Gasteiger partial charge < -0.3 is 15.5 Å². The minimum absolute atomic E-state index is 0.147. The highest BCUT2D eigenvalue weighted by molar-refractivity contribution is 7.19. The number of halogens is 1. The molecule has 3 aromatic heterocycles. The number of aromatic nitrogens is 3. The Morgan fingerprint density at radius 1 is 1.43 bits per heavy atom. The van der Waals surface area contributed by atoms with Crippen molar-refractivity contribution in [3.05, 3.63) is 34.1 Å². The highest BCUT2D eigenvalue weighted by atomic mass is 35.5. The van der Waals surface area contributed by atoms with E-state index < -0.39 is 0 Å². The Kier molecular flexibility index (Phi) is 4.79. The summed E-state index contributed by atoms with van der Waals surface area (Å²) in [5.41, 5.74) is 8.10. The van der Waals surface area contributed by atoms with Crippen LogP contribution in [0.2, 0.25) is 5.28 Å². The van der Waals surface area contributed by atoms with Gasteiger partial charge in [-0.3, -0.25) is 0 Å². The molecule has 0 saturated heterocycles. The third-order valence-corrected chi connectivity index (χ3v) is 5.18. The van der Waals surface area contributed by atoms with E-state index in [2.05, 4.69) is 34.1 Å². The Bertz CT molecular complexity index is 802. The van der Waals surface area contributed by atoms with Crippen molar-refractivity contribution in [1.29, 1.82) is 0 Å². The molecule has 1 atom stereocenters. The molecule has 23 heavy (non-hydrogen) atoms. The van der Waals surface area contributed by atoms with Gasteiger partial charge in [-0.05, 0) is 36.9 Å². The molecule has 0 aliphatic carbocycles. The second kappa shape index (κ2) is 6.82. The molecule has 3 heterocycles. The highest BCUT2D eigenvalue weighted by Crippen LogP contribution is 2.35. The third kappa shape index (κ3) is 3.46. The van der Waals surface area contributed by atoms with E-state index in [0.29, 0.717) is 18.3 Å². The maximum Gasteiger partial charge on any atom is 0.224 e. The normalized spacial score (nSPS) is 12.7. The van der Waals surface area contributed by atoms with Gasteiger partial charge in [0.25, 0.3) is 0 Å². The average molecular weight is 352 g/mol. The number of hydrogen-bond acceptors (Lipinski definition) is 7. The van der Waals surface area contributed by atoms with E-state index in [9.17, 15) is 0 Å². The van der Waals surface area contributed by atoms with Crippen LogP contribution in [0.1, 0.15) is 29.7 Å². The van der Waals surface area contributed by atoms with Gasteiger partial charge in [-0.2, -0.15) is 4.98 Å². The Balaban J connectivity index is 1.95. The quantitative estimate of drug-likeness (QED) is 0.660. The number of thiophene rings is 1. The van der Waals surface area contributed by atoms with Gasteiger partial charge in [0, 0.05) is 10.9 Å². The molecule has 3 rings (SSSR count). The summed E-state index contributed by atoms with van der Waals surface area (Å²) in [5.74, 6) is 1.29. The molecule has 0 radical (unpaired) electrons. The second-order valence-corrected chi connectivity index (χ2v) is 6.76. The zero-order chi connectivity index (χ0) is 16.4. The fourth-order valence-electron chi connectivity index (χ4n) is 2.30. The molecule has 8 heteroatoms. The van der Waals surface area contributed by atoms with Crippen LogP contribution in [-0.2, 0) is 13.0 Å². The van der Waals surface area contributed by atoms with Gasteiger partial charge in [0.2, 0.25) is 11.2 Å². The summed E-state index contributed by atoms with van der Waals surface area (Å²) in [6.45, 7) is 4.58. The first kappa shape index (κ1) is 16.2. The van der Waals surface area contributed by atoms with E-state index in [1.54, 1.807) is 23.8 Å². The molecule has 0 amide bonds. The SMILES string of the molecule is CC[C@H](N)Cc1sc2c(NCc3ncco3)nc(Cl)nc2c1C. The van der Waals surface area contributed by atoms with Crippen molar-refractivity contribution in [2.75, 3.05) is 5.32 Å². The van der Waals surface area contributed by atoms with Crippen molar-refractivity contribution in [3.8, 4) is 0 Å². The lowest BCUT2D eigenvalue weighted by molar-refractivity contribution is 0.503. The summed E-state index contributed by atoms with van der Waals surface area (Å²) in [7, 11) is 0. The first-order valence-electron chi connectivity index (χ1n) is 7.41. The standard InChI is InChI=1S/C15H18ClN5OS/c1-3-9(17)6-10-8(2)12-13(23-10)14(21-15(16)20-12)19-7-11-18-4-5-22-11/h4-5,9H,3,6-7,17H2,1-2H3,(H,19,20,21)/t9-/m0/s1. The van der Waals surface area contributed by atoms with E-state index in [0.717, 1.165) is 28.6 Å². The van der Waals surface area contributed by atoms with Gasteiger partial charge in [0.05, 0.1) is 23.0 Å². The van der Waals surface area contributed by atoms with Crippen LogP contribution in [-0.4, -0.2) is 21.0 Å². The number of rotatable bonds is 6. The lowest BCUT2D eigenvalue weighted by Crippen LogP contribution is -2.21. The molecule has 0 saturated carbocycles. The van der Waals surface area contributed by atoms with E-state index in [-0.39, 0.29) is 11.3 Å². The number of nitrogens with two attached hydrogens (primary N) is 1. The van der Waals surface area contributed by atoms with Gasteiger partial charge in [0.1, 0.15) is 12.1 Å². The third-order valence-electron chi connectivity index (χ3n) is 3.70. The van der Waals surface area contributed by atoms with Crippen molar-refractivity contribution < 1.29 is 4.42 Å².